The van der Waals surface area contributed by atoms with E-state index in [0.717, 1.165) is 38.5 Å². The maximum atomic E-state index is 6.08. The van der Waals surface area contributed by atoms with Crippen LogP contribution in [-0.4, -0.2) is 26.9 Å². The molecule has 0 atom stereocenters. The maximum absolute atomic E-state index is 6.08. The Morgan fingerprint density at radius 2 is 1.83 bits per heavy atom. The summed E-state index contributed by atoms with van der Waals surface area (Å²) in [4.78, 5) is 0. The van der Waals surface area contributed by atoms with Crippen molar-refractivity contribution in [3.05, 3.63) is 42.0 Å². The van der Waals surface area contributed by atoms with Crippen molar-refractivity contribution in [2.24, 2.45) is 0 Å². The van der Waals surface area contributed by atoms with Crippen molar-refractivity contribution in [2.45, 2.75) is 39.2 Å². The fourth-order valence-electron chi connectivity index (χ4n) is 2.73. The summed E-state index contributed by atoms with van der Waals surface area (Å²) in [5.41, 5.74) is 1.25. The van der Waals surface area contributed by atoms with Crippen molar-refractivity contribution in [3.8, 4) is 5.75 Å². The van der Waals surface area contributed by atoms with Gasteiger partial charge in [0.25, 0.3) is 0 Å². The molecule has 0 unspecified atom stereocenters. The van der Waals surface area contributed by atoms with E-state index in [2.05, 4.69) is 48.6 Å². The fourth-order valence-corrected chi connectivity index (χ4v) is 2.73. The molecule has 0 saturated heterocycles. The monoisotopic (exact) mass is 315 g/mol. The number of hydrogen-bond donors (Lipinski definition) is 1. The third kappa shape index (κ3) is 5.52. The number of benzene rings is 2. The highest BCUT2D eigenvalue weighted by atomic mass is 16.5. The van der Waals surface area contributed by atoms with Gasteiger partial charge in [0.05, 0.1) is 13.2 Å². The Labute approximate surface area is 140 Å². The molecule has 0 aliphatic carbocycles. The average molecular weight is 315 g/mol. The summed E-state index contributed by atoms with van der Waals surface area (Å²) in [6, 6.07) is 12.7. The molecule has 0 spiro atoms. The van der Waals surface area contributed by atoms with Crippen molar-refractivity contribution >= 4 is 10.8 Å². The number of hydrogen-bond acceptors (Lipinski definition) is 3. The smallest absolute Gasteiger partial charge is 0.124 e. The van der Waals surface area contributed by atoms with Gasteiger partial charge in [0.2, 0.25) is 0 Å². The molecule has 3 nitrogen and oxygen atoms in total. The molecule has 0 bridgehead atoms. The topological polar surface area (TPSA) is 30.5 Å². The molecule has 0 radical (unpaired) electrons. The SMILES string of the molecule is CCCCCCOc1ccc2ccccc2c1CNCCOC. The second kappa shape index (κ2) is 10.2. The Morgan fingerprint density at radius 1 is 0.957 bits per heavy atom. The number of unbranched alkanes of at least 4 members (excludes halogenated alkanes) is 3. The molecule has 0 fully saturated rings. The molecule has 0 heterocycles. The van der Waals surface area contributed by atoms with Crippen molar-refractivity contribution in [1.29, 1.82) is 0 Å². The minimum Gasteiger partial charge on any atom is -0.493 e. The number of methoxy groups -OCH3 is 1. The molecule has 3 heteroatoms. The van der Waals surface area contributed by atoms with E-state index in [9.17, 15) is 0 Å². The van der Waals surface area contributed by atoms with Crippen molar-refractivity contribution in [3.63, 3.8) is 0 Å². The molecule has 0 aromatic heterocycles. The van der Waals surface area contributed by atoms with Gasteiger partial charge >= 0.3 is 0 Å². The average Bonchev–Trinajstić information content (AvgIpc) is 2.59. The van der Waals surface area contributed by atoms with Gasteiger partial charge in [0.1, 0.15) is 5.75 Å². The van der Waals surface area contributed by atoms with E-state index in [1.54, 1.807) is 7.11 Å². The van der Waals surface area contributed by atoms with Gasteiger partial charge in [-0.25, -0.2) is 0 Å². The van der Waals surface area contributed by atoms with Gasteiger partial charge in [-0.2, -0.15) is 0 Å². The summed E-state index contributed by atoms with van der Waals surface area (Å²) in [5.74, 6) is 1.00. The molecule has 0 aliphatic rings. The number of fused-ring (bicyclic) bond motifs is 1. The van der Waals surface area contributed by atoms with E-state index in [1.165, 1.54) is 35.6 Å². The van der Waals surface area contributed by atoms with E-state index in [-0.39, 0.29) is 0 Å². The standard InChI is InChI=1S/C20H29NO2/c1-3-4-5-8-14-23-20-12-11-17-9-6-7-10-18(17)19(20)16-21-13-15-22-2/h6-7,9-12,21H,3-5,8,13-16H2,1-2H3. The molecule has 23 heavy (non-hydrogen) atoms. The van der Waals surface area contributed by atoms with E-state index >= 15 is 0 Å². The summed E-state index contributed by atoms with van der Waals surface area (Å²) >= 11 is 0. The Hall–Kier alpha value is -1.58. The minimum absolute atomic E-state index is 0.720. The van der Waals surface area contributed by atoms with Gasteiger partial charge in [-0.1, -0.05) is 56.5 Å². The lowest BCUT2D eigenvalue weighted by atomic mass is 10.0. The van der Waals surface area contributed by atoms with Gasteiger partial charge in [0.15, 0.2) is 0 Å². The summed E-state index contributed by atoms with van der Waals surface area (Å²) < 4.78 is 11.2. The lowest BCUT2D eigenvalue weighted by molar-refractivity contribution is 0.199. The molecule has 1 N–H and O–H groups in total. The lowest BCUT2D eigenvalue weighted by Crippen LogP contribution is -2.19. The number of rotatable bonds is 11. The van der Waals surface area contributed by atoms with Crippen LogP contribution in [0.25, 0.3) is 10.8 Å². The van der Waals surface area contributed by atoms with E-state index < -0.39 is 0 Å². The van der Waals surface area contributed by atoms with Crippen LogP contribution in [0.1, 0.15) is 38.2 Å². The zero-order valence-electron chi connectivity index (χ0n) is 14.4. The molecule has 126 valence electrons. The second-order valence-corrected chi connectivity index (χ2v) is 5.84. The van der Waals surface area contributed by atoms with Crippen molar-refractivity contribution in [2.75, 3.05) is 26.9 Å². The first kappa shape index (κ1) is 17.8. The summed E-state index contributed by atoms with van der Waals surface area (Å²) in [5, 5.41) is 5.97. The Bertz CT molecular complexity index is 583. The summed E-state index contributed by atoms with van der Waals surface area (Å²) in [6.07, 6.45) is 4.90. The van der Waals surface area contributed by atoms with Crippen LogP contribution in [0.3, 0.4) is 0 Å². The first-order valence-electron chi connectivity index (χ1n) is 8.70. The van der Waals surface area contributed by atoms with Crippen LogP contribution in [0.15, 0.2) is 36.4 Å². The Kier molecular flexibility index (Phi) is 7.91. The molecule has 0 saturated carbocycles. The third-order valence-electron chi connectivity index (χ3n) is 4.04. The van der Waals surface area contributed by atoms with Crippen LogP contribution in [0, 0.1) is 0 Å². The summed E-state index contributed by atoms with van der Waals surface area (Å²) in [6.45, 7) is 5.39. The first-order valence-corrected chi connectivity index (χ1v) is 8.70. The molecule has 2 rings (SSSR count). The van der Waals surface area contributed by atoms with E-state index in [4.69, 9.17) is 9.47 Å². The molecule has 2 aromatic rings. The first-order chi connectivity index (χ1) is 11.4. The van der Waals surface area contributed by atoms with Gasteiger partial charge in [0, 0.05) is 25.8 Å². The second-order valence-electron chi connectivity index (χ2n) is 5.84. The van der Waals surface area contributed by atoms with Gasteiger partial charge < -0.3 is 14.8 Å². The van der Waals surface area contributed by atoms with Gasteiger partial charge in [-0.15, -0.1) is 0 Å². The van der Waals surface area contributed by atoms with Gasteiger partial charge in [-0.3, -0.25) is 0 Å². The van der Waals surface area contributed by atoms with Crippen LogP contribution in [0.2, 0.25) is 0 Å². The van der Waals surface area contributed by atoms with Crippen LogP contribution in [0.4, 0.5) is 0 Å². The quantitative estimate of drug-likeness (QED) is 0.618. The highest BCUT2D eigenvalue weighted by Gasteiger charge is 2.08. The van der Waals surface area contributed by atoms with Crippen molar-refractivity contribution in [1.82, 2.24) is 5.32 Å². The van der Waals surface area contributed by atoms with Gasteiger partial charge in [-0.05, 0) is 23.3 Å². The largest absolute Gasteiger partial charge is 0.493 e. The Morgan fingerprint density at radius 3 is 2.65 bits per heavy atom. The van der Waals surface area contributed by atoms with Crippen LogP contribution in [0.5, 0.6) is 5.75 Å². The lowest BCUT2D eigenvalue weighted by Gasteiger charge is -2.15. The molecular weight excluding hydrogens is 286 g/mol. The Balaban J connectivity index is 2.07. The highest BCUT2D eigenvalue weighted by Crippen LogP contribution is 2.28. The van der Waals surface area contributed by atoms with Crippen LogP contribution >= 0.6 is 0 Å². The fraction of sp³-hybridized carbons (Fsp3) is 0.500. The van der Waals surface area contributed by atoms with E-state index in [1.807, 2.05) is 0 Å². The molecule has 0 aliphatic heterocycles. The number of ether oxygens (including phenoxy) is 2. The van der Waals surface area contributed by atoms with Crippen molar-refractivity contribution < 1.29 is 9.47 Å². The van der Waals surface area contributed by atoms with Crippen LogP contribution < -0.4 is 10.1 Å². The molecular formula is C20H29NO2. The maximum Gasteiger partial charge on any atom is 0.124 e. The third-order valence-corrected chi connectivity index (χ3v) is 4.04. The number of nitrogens with one attached hydrogen (secondary N) is 1. The normalized spacial score (nSPS) is 11.0. The van der Waals surface area contributed by atoms with Crippen LogP contribution in [-0.2, 0) is 11.3 Å². The van der Waals surface area contributed by atoms with E-state index in [0.29, 0.717) is 0 Å². The molecule has 0 amide bonds. The minimum atomic E-state index is 0.720. The predicted molar refractivity (Wildman–Crippen MR) is 97.2 cm³/mol. The molecule has 2 aromatic carbocycles. The summed E-state index contributed by atoms with van der Waals surface area (Å²) in [7, 11) is 1.73. The predicted octanol–water partition coefficient (Wildman–Crippen LogP) is 4.53. The highest BCUT2D eigenvalue weighted by molar-refractivity contribution is 5.87. The zero-order chi connectivity index (χ0) is 16.3. The zero-order valence-corrected chi connectivity index (χ0v) is 14.4.